The molecule has 0 bridgehead atoms. The normalized spacial score (nSPS) is 11.6. The minimum absolute atomic E-state index is 0.878. The summed E-state index contributed by atoms with van der Waals surface area (Å²) in [5.41, 5.74) is 12.3. The van der Waals surface area contributed by atoms with E-state index in [1.807, 2.05) is 17.4 Å². The molecule has 0 spiro atoms. The van der Waals surface area contributed by atoms with Crippen molar-refractivity contribution in [3.05, 3.63) is 200 Å². The van der Waals surface area contributed by atoms with Gasteiger partial charge in [0.2, 0.25) is 0 Å². The average molecular weight is 720 g/mol. The van der Waals surface area contributed by atoms with Crippen molar-refractivity contribution < 1.29 is 4.42 Å². The summed E-state index contributed by atoms with van der Waals surface area (Å²) >= 11 is 1.85. The van der Waals surface area contributed by atoms with Crippen LogP contribution in [0.2, 0.25) is 0 Å². The van der Waals surface area contributed by atoms with E-state index in [4.69, 9.17) is 4.42 Å². The quantitative estimate of drug-likeness (QED) is 0.170. The topological polar surface area (TPSA) is 16.4 Å². The summed E-state index contributed by atoms with van der Waals surface area (Å²) in [6.07, 6.45) is 0. The monoisotopic (exact) mass is 719 g/mol. The lowest BCUT2D eigenvalue weighted by atomic mass is 9.89. The molecule has 9 aromatic carbocycles. The van der Waals surface area contributed by atoms with Crippen LogP contribution in [0.3, 0.4) is 0 Å². The molecule has 2 aromatic heterocycles. The molecular formula is C52H33NOS. The van der Waals surface area contributed by atoms with E-state index in [2.05, 4.69) is 199 Å². The molecule has 0 amide bonds. The summed E-state index contributed by atoms with van der Waals surface area (Å²) in [4.78, 5) is 2.43. The maximum Gasteiger partial charge on any atom is 0.137 e. The molecule has 11 aromatic rings. The highest BCUT2D eigenvalue weighted by molar-refractivity contribution is 7.26. The van der Waals surface area contributed by atoms with Gasteiger partial charge in [0.05, 0.1) is 21.5 Å². The van der Waals surface area contributed by atoms with Crippen LogP contribution in [-0.2, 0) is 0 Å². The van der Waals surface area contributed by atoms with Gasteiger partial charge >= 0.3 is 0 Å². The van der Waals surface area contributed by atoms with Crippen molar-refractivity contribution in [3.8, 4) is 33.4 Å². The van der Waals surface area contributed by atoms with Gasteiger partial charge < -0.3 is 9.32 Å². The van der Waals surface area contributed by atoms with E-state index < -0.39 is 0 Å². The van der Waals surface area contributed by atoms with Crippen LogP contribution in [0.1, 0.15) is 0 Å². The van der Waals surface area contributed by atoms with Gasteiger partial charge in [-0.3, -0.25) is 0 Å². The highest BCUT2D eigenvalue weighted by Gasteiger charge is 2.22. The lowest BCUT2D eigenvalue weighted by Crippen LogP contribution is -2.10. The van der Waals surface area contributed by atoms with Crippen molar-refractivity contribution in [2.75, 3.05) is 4.90 Å². The van der Waals surface area contributed by atoms with E-state index in [9.17, 15) is 0 Å². The van der Waals surface area contributed by atoms with E-state index in [0.29, 0.717) is 0 Å². The molecule has 55 heavy (non-hydrogen) atoms. The number of benzene rings is 9. The number of fused-ring (bicyclic) bond motifs is 7. The molecule has 2 heterocycles. The van der Waals surface area contributed by atoms with Gasteiger partial charge in [-0.25, -0.2) is 0 Å². The van der Waals surface area contributed by atoms with Crippen molar-refractivity contribution in [3.63, 3.8) is 0 Å². The summed E-state index contributed by atoms with van der Waals surface area (Å²) in [5.74, 6) is 0. The maximum atomic E-state index is 6.43. The zero-order valence-electron chi connectivity index (χ0n) is 29.8. The number of rotatable bonds is 6. The van der Waals surface area contributed by atoms with Crippen LogP contribution in [0.15, 0.2) is 205 Å². The van der Waals surface area contributed by atoms with Crippen LogP contribution in [-0.4, -0.2) is 0 Å². The van der Waals surface area contributed by atoms with Gasteiger partial charge in [-0.05, 0) is 86.6 Å². The van der Waals surface area contributed by atoms with E-state index in [0.717, 1.165) is 39.0 Å². The summed E-state index contributed by atoms with van der Waals surface area (Å²) in [6, 6.07) is 72.2. The zero-order valence-corrected chi connectivity index (χ0v) is 30.6. The molecule has 0 radical (unpaired) electrons. The van der Waals surface area contributed by atoms with Gasteiger partial charge in [0, 0.05) is 26.5 Å². The summed E-state index contributed by atoms with van der Waals surface area (Å²) < 4.78 is 8.97. The molecule has 0 aliphatic rings. The van der Waals surface area contributed by atoms with E-state index in [1.165, 1.54) is 64.3 Å². The molecule has 0 aliphatic carbocycles. The molecular weight excluding hydrogens is 687 g/mol. The van der Waals surface area contributed by atoms with Gasteiger partial charge in [0.25, 0.3) is 0 Å². The Morgan fingerprint density at radius 1 is 0.382 bits per heavy atom. The Labute approximate surface area is 322 Å². The van der Waals surface area contributed by atoms with E-state index in [-0.39, 0.29) is 0 Å². The zero-order chi connectivity index (χ0) is 36.3. The summed E-state index contributed by atoms with van der Waals surface area (Å²) in [5, 5.41) is 7.24. The first kappa shape index (κ1) is 31.6. The molecule has 0 saturated heterocycles. The first-order chi connectivity index (χ1) is 27.3. The molecule has 3 heteroatoms. The van der Waals surface area contributed by atoms with Gasteiger partial charge in [0.1, 0.15) is 11.2 Å². The molecule has 11 rings (SSSR count). The van der Waals surface area contributed by atoms with E-state index in [1.54, 1.807) is 0 Å². The fraction of sp³-hybridized carbons (Fsp3) is 0. The predicted octanol–water partition coefficient (Wildman–Crippen LogP) is 15.6. The number of anilines is 3. The SMILES string of the molecule is c1ccc(-c2ccc(-c3c(-c4ccc(N(c5cccc6c5sc5ccccc56)c5cccc6oc7ccccc7c56)cc4)ccc4ccccc34)cc2)cc1. The van der Waals surface area contributed by atoms with Crippen molar-refractivity contribution in [2.45, 2.75) is 0 Å². The number of hydrogen-bond donors (Lipinski definition) is 0. The third kappa shape index (κ3) is 5.24. The third-order valence-electron chi connectivity index (χ3n) is 10.9. The summed E-state index contributed by atoms with van der Waals surface area (Å²) in [6.45, 7) is 0. The molecule has 258 valence electrons. The molecule has 0 unspecified atom stereocenters. The van der Waals surface area contributed by atoms with Crippen LogP contribution in [0, 0.1) is 0 Å². The number of nitrogens with zero attached hydrogens (tertiary/aromatic N) is 1. The molecule has 0 fully saturated rings. The highest BCUT2D eigenvalue weighted by atomic mass is 32.1. The van der Waals surface area contributed by atoms with Crippen molar-refractivity contribution >= 4 is 81.3 Å². The standard InChI is InChI=1S/C52H33NOS/c1-2-12-34(13-3-1)35-24-26-38(27-25-35)50-40-15-5-4-14-36(40)30-33-41(50)37-28-31-39(32-29-37)53(45-19-11-22-48-51(45)44-17-6-8-21-47(44)54-48)46-20-10-18-43-42-16-7-9-23-49(42)55-52(43)46/h1-33H. The maximum absolute atomic E-state index is 6.43. The van der Waals surface area contributed by atoms with Crippen molar-refractivity contribution in [1.82, 2.24) is 0 Å². The fourth-order valence-electron chi connectivity index (χ4n) is 8.33. The molecule has 0 N–H and O–H groups in total. The largest absolute Gasteiger partial charge is 0.456 e. The van der Waals surface area contributed by atoms with Gasteiger partial charge in [0.15, 0.2) is 0 Å². The highest BCUT2D eigenvalue weighted by Crippen LogP contribution is 2.48. The second-order valence-corrected chi connectivity index (χ2v) is 15.1. The fourth-order valence-corrected chi connectivity index (χ4v) is 9.54. The first-order valence-electron chi connectivity index (χ1n) is 18.7. The summed E-state index contributed by atoms with van der Waals surface area (Å²) in [7, 11) is 0. The number of hydrogen-bond acceptors (Lipinski definition) is 3. The van der Waals surface area contributed by atoms with Gasteiger partial charge in [-0.15, -0.1) is 11.3 Å². The molecule has 0 aliphatic heterocycles. The minimum Gasteiger partial charge on any atom is -0.456 e. The Kier molecular flexibility index (Phi) is 7.39. The number of thiophene rings is 1. The Morgan fingerprint density at radius 3 is 1.85 bits per heavy atom. The van der Waals surface area contributed by atoms with Crippen LogP contribution in [0.5, 0.6) is 0 Å². The van der Waals surface area contributed by atoms with Gasteiger partial charge in [-0.2, -0.15) is 0 Å². The Morgan fingerprint density at radius 2 is 1.00 bits per heavy atom. The molecule has 0 atom stereocenters. The number of para-hydroxylation sites is 1. The van der Waals surface area contributed by atoms with Crippen LogP contribution in [0.4, 0.5) is 17.1 Å². The van der Waals surface area contributed by atoms with Crippen LogP contribution >= 0.6 is 11.3 Å². The smallest absolute Gasteiger partial charge is 0.137 e. The minimum atomic E-state index is 0.878. The Hall–Kier alpha value is -6.94. The van der Waals surface area contributed by atoms with Crippen molar-refractivity contribution in [2.24, 2.45) is 0 Å². The first-order valence-corrected chi connectivity index (χ1v) is 19.5. The second-order valence-electron chi connectivity index (χ2n) is 14.0. The molecule has 0 saturated carbocycles. The van der Waals surface area contributed by atoms with Crippen LogP contribution in [0.25, 0.3) is 86.3 Å². The van der Waals surface area contributed by atoms with E-state index >= 15 is 0 Å². The third-order valence-corrected chi connectivity index (χ3v) is 12.1. The van der Waals surface area contributed by atoms with Crippen LogP contribution < -0.4 is 4.90 Å². The van der Waals surface area contributed by atoms with Gasteiger partial charge in [-0.1, -0.05) is 158 Å². The second kappa shape index (κ2) is 12.9. The Bertz CT molecular complexity index is 3190. The van der Waals surface area contributed by atoms with Crippen molar-refractivity contribution in [1.29, 1.82) is 0 Å². The Balaban J connectivity index is 1.10. The molecule has 2 nitrogen and oxygen atoms in total. The average Bonchev–Trinajstić information content (AvgIpc) is 3.84. The predicted molar refractivity (Wildman–Crippen MR) is 235 cm³/mol. The lowest BCUT2D eigenvalue weighted by molar-refractivity contribution is 0.669. The number of furan rings is 1. The lowest BCUT2D eigenvalue weighted by Gasteiger charge is -2.27.